The maximum Gasteiger partial charge on any atom is 0.325 e. The Hall–Kier alpha value is -3.62. The molecule has 9 nitrogen and oxygen atoms in total. The van der Waals surface area contributed by atoms with Crippen molar-refractivity contribution in [2.24, 2.45) is 0 Å². The summed E-state index contributed by atoms with van der Waals surface area (Å²) in [7, 11) is 3.29. The summed E-state index contributed by atoms with van der Waals surface area (Å²) in [5.74, 6) is -0.988. The average molecular weight is 384 g/mol. The predicted molar refractivity (Wildman–Crippen MR) is 99.4 cm³/mol. The van der Waals surface area contributed by atoms with Crippen molar-refractivity contribution in [1.29, 1.82) is 0 Å². The van der Waals surface area contributed by atoms with Crippen molar-refractivity contribution in [2.45, 2.75) is 12.5 Å². The van der Waals surface area contributed by atoms with E-state index in [1.54, 1.807) is 50.5 Å². The van der Waals surface area contributed by atoms with E-state index in [0.717, 1.165) is 4.90 Å². The van der Waals surface area contributed by atoms with Crippen LogP contribution in [-0.4, -0.2) is 54.2 Å². The van der Waals surface area contributed by atoms with Gasteiger partial charge in [-0.25, -0.2) is 4.79 Å². The largest absolute Gasteiger partial charge is 0.466 e. The zero-order chi connectivity index (χ0) is 20.5. The number of urea groups is 1. The highest BCUT2D eigenvalue weighted by atomic mass is 16.3. The molecule has 1 aromatic heterocycles. The zero-order valence-electron chi connectivity index (χ0n) is 15.7. The van der Waals surface area contributed by atoms with Gasteiger partial charge in [0.1, 0.15) is 12.3 Å². The lowest BCUT2D eigenvalue weighted by Gasteiger charge is -2.18. The fourth-order valence-corrected chi connectivity index (χ4v) is 2.87. The van der Waals surface area contributed by atoms with Crippen LogP contribution >= 0.6 is 0 Å². The van der Waals surface area contributed by atoms with E-state index in [1.807, 2.05) is 0 Å². The molecule has 9 heteroatoms. The summed E-state index contributed by atoms with van der Waals surface area (Å²) in [6.07, 6.45) is 1.40. The fourth-order valence-electron chi connectivity index (χ4n) is 2.87. The molecule has 1 aromatic carbocycles. The summed E-state index contributed by atoms with van der Waals surface area (Å²) in [4.78, 5) is 51.3. The van der Waals surface area contributed by atoms with Crippen molar-refractivity contribution in [1.82, 2.24) is 15.1 Å². The van der Waals surface area contributed by atoms with E-state index in [-0.39, 0.29) is 11.7 Å². The number of hydrogen-bond acceptors (Lipinski definition) is 5. The van der Waals surface area contributed by atoms with Crippen LogP contribution in [0, 0.1) is 0 Å². The van der Waals surface area contributed by atoms with E-state index in [2.05, 4.69) is 10.6 Å². The minimum absolute atomic E-state index is 0.158. The van der Waals surface area contributed by atoms with Crippen molar-refractivity contribution >= 4 is 29.4 Å². The van der Waals surface area contributed by atoms with Crippen LogP contribution in [0.5, 0.6) is 0 Å². The number of benzene rings is 1. The van der Waals surface area contributed by atoms with Crippen LogP contribution in [0.15, 0.2) is 47.1 Å². The molecular formula is C19H20N4O5. The molecule has 2 N–H and O–H groups in total. The molecule has 28 heavy (non-hydrogen) atoms. The molecule has 0 radical (unpaired) electrons. The second kappa shape index (κ2) is 7.18. The molecule has 0 bridgehead atoms. The van der Waals surface area contributed by atoms with Gasteiger partial charge in [0.25, 0.3) is 11.8 Å². The van der Waals surface area contributed by atoms with E-state index < -0.39 is 29.9 Å². The first kappa shape index (κ1) is 19.2. The molecule has 0 spiro atoms. The van der Waals surface area contributed by atoms with Crippen molar-refractivity contribution in [2.75, 3.05) is 26.0 Å². The van der Waals surface area contributed by atoms with Crippen LogP contribution in [0.4, 0.5) is 10.5 Å². The third kappa shape index (κ3) is 3.46. The second-order valence-electron chi connectivity index (χ2n) is 6.75. The highest BCUT2D eigenvalue weighted by Crippen LogP contribution is 2.28. The lowest BCUT2D eigenvalue weighted by Crippen LogP contribution is -2.41. The van der Waals surface area contributed by atoms with Crippen LogP contribution < -0.4 is 10.6 Å². The first-order valence-corrected chi connectivity index (χ1v) is 8.52. The van der Waals surface area contributed by atoms with Gasteiger partial charge < -0.3 is 20.0 Å². The minimum atomic E-state index is -1.35. The number of furan rings is 1. The highest BCUT2D eigenvalue weighted by molar-refractivity contribution is 6.10. The first-order chi connectivity index (χ1) is 13.2. The Bertz CT molecular complexity index is 920. The quantitative estimate of drug-likeness (QED) is 0.757. The van der Waals surface area contributed by atoms with Crippen molar-refractivity contribution < 1.29 is 23.6 Å². The van der Waals surface area contributed by atoms with Gasteiger partial charge in [0.15, 0.2) is 5.54 Å². The lowest BCUT2D eigenvalue weighted by molar-refractivity contribution is -0.134. The Kier molecular flexibility index (Phi) is 4.91. The maximum atomic E-state index is 12.7. The number of carbonyl (C=O) groups is 4. The third-order valence-corrected chi connectivity index (χ3v) is 4.41. The van der Waals surface area contributed by atoms with Crippen LogP contribution in [0.25, 0.3) is 0 Å². The summed E-state index contributed by atoms with van der Waals surface area (Å²) < 4.78 is 5.24. The van der Waals surface area contributed by atoms with Gasteiger partial charge in [-0.3, -0.25) is 19.3 Å². The molecule has 1 atom stereocenters. The molecule has 3 rings (SSSR count). The molecule has 1 saturated heterocycles. The minimum Gasteiger partial charge on any atom is -0.466 e. The zero-order valence-corrected chi connectivity index (χ0v) is 15.7. The SMILES string of the molecule is CN(C)C(=O)c1ccc(NC(=O)CN2C(=O)N[C@](C)(c3ccco3)C2=O)cc1. The summed E-state index contributed by atoms with van der Waals surface area (Å²) in [6, 6.07) is 8.84. The summed E-state index contributed by atoms with van der Waals surface area (Å²) in [5, 5.41) is 5.16. The van der Waals surface area contributed by atoms with Gasteiger partial charge in [-0.2, -0.15) is 0 Å². The number of imide groups is 1. The normalized spacial score (nSPS) is 18.8. The van der Waals surface area contributed by atoms with E-state index in [1.165, 1.54) is 18.1 Å². The number of hydrogen-bond donors (Lipinski definition) is 2. The maximum absolute atomic E-state index is 12.7. The summed E-state index contributed by atoms with van der Waals surface area (Å²) in [6.45, 7) is 1.07. The van der Waals surface area contributed by atoms with Gasteiger partial charge in [0.2, 0.25) is 5.91 Å². The molecule has 0 unspecified atom stereocenters. The molecule has 2 heterocycles. The molecule has 146 valence electrons. The molecule has 1 fully saturated rings. The molecule has 5 amide bonds. The first-order valence-electron chi connectivity index (χ1n) is 8.52. The van der Waals surface area contributed by atoms with Crippen molar-refractivity contribution in [3.63, 3.8) is 0 Å². The molecule has 0 saturated carbocycles. The smallest absolute Gasteiger partial charge is 0.325 e. The number of anilines is 1. The van der Waals surface area contributed by atoms with Gasteiger partial charge >= 0.3 is 6.03 Å². The Balaban J connectivity index is 1.66. The van der Waals surface area contributed by atoms with E-state index in [0.29, 0.717) is 11.3 Å². The number of amides is 5. The van der Waals surface area contributed by atoms with E-state index >= 15 is 0 Å². The van der Waals surface area contributed by atoms with Gasteiger partial charge in [-0.1, -0.05) is 0 Å². The van der Waals surface area contributed by atoms with E-state index in [9.17, 15) is 19.2 Å². The molecule has 0 aliphatic carbocycles. The van der Waals surface area contributed by atoms with Gasteiger partial charge in [0, 0.05) is 25.3 Å². The van der Waals surface area contributed by atoms with Crippen LogP contribution in [0.1, 0.15) is 23.0 Å². The van der Waals surface area contributed by atoms with Crippen molar-refractivity contribution in [3.8, 4) is 0 Å². The highest BCUT2D eigenvalue weighted by Gasteiger charge is 2.51. The topological polar surface area (TPSA) is 112 Å². The number of rotatable bonds is 5. The number of carbonyl (C=O) groups excluding carboxylic acids is 4. The number of nitrogens with one attached hydrogen (secondary N) is 2. The molecule has 1 aliphatic rings. The summed E-state index contributed by atoms with van der Waals surface area (Å²) >= 11 is 0. The number of nitrogens with zero attached hydrogens (tertiary/aromatic N) is 2. The van der Waals surface area contributed by atoms with Crippen molar-refractivity contribution in [3.05, 3.63) is 54.0 Å². The Morgan fingerprint density at radius 1 is 1.18 bits per heavy atom. The van der Waals surface area contributed by atoms with Crippen LogP contribution in [-0.2, 0) is 15.1 Å². The third-order valence-electron chi connectivity index (χ3n) is 4.41. The van der Waals surface area contributed by atoms with Crippen LogP contribution in [0.3, 0.4) is 0 Å². The van der Waals surface area contributed by atoms with E-state index in [4.69, 9.17) is 4.42 Å². The average Bonchev–Trinajstić information content (AvgIpc) is 3.26. The summed E-state index contributed by atoms with van der Waals surface area (Å²) in [5.41, 5.74) is -0.429. The van der Waals surface area contributed by atoms with Crippen LogP contribution in [0.2, 0.25) is 0 Å². The van der Waals surface area contributed by atoms with Gasteiger partial charge in [0.05, 0.1) is 6.26 Å². The predicted octanol–water partition coefficient (Wildman–Crippen LogP) is 1.39. The van der Waals surface area contributed by atoms with Gasteiger partial charge in [-0.05, 0) is 43.3 Å². The Morgan fingerprint density at radius 2 is 1.86 bits per heavy atom. The van der Waals surface area contributed by atoms with Gasteiger partial charge in [-0.15, -0.1) is 0 Å². The monoisotopic (exact) mass is 384 g/mol. The Morgan fingerprint density at radius 3 is 2.43 bits per heavy atom. The standard InChI is InChI=1S/C19H20N4O5/c1-19(14-5-4-10-28-14)17(26)23(18(27)21-19)11-15(24)20-13-8-6-12(7-9-13)16(25)22(2)3/h4-10H,11H2,1-3H3,(H,20,24)(H,21,27)/t19-/m1/s1. The fraction of sp³-hybridized carbons (Fsp3) is 0.263. The Labute approximate surface area is 161 Å². The second-order valence-corrected chi connectivity index (χ2v) is 6.75. The molecule has 2 aromatic rings. The molecule has 1 aliphatic heterocycles. The molecular weight excluding hydrogens is 364 g/mol. The lowest BCUT2D eigenvalue weighted by atomic mass is 9.99.